The molecule has 17 heteroatoms. The Hall–Kier alpha value is -3.52. The molecule has 4 aliphatic heterocycles. The summed E-state index contributed by atoms with van der Waals surface area (Å²) in [6, 6.07) is 0. The van der Waals surface area contributed by atoms with Crippen LogP contribution in [0.25, 0.3) is 0 Å². The topological polar surface area (TPSA) is 243 Å². The molecular weight excluding hydrogens is 836 g/mol. The zero-order chi connectivity index (χ0) is 47.6. The highest BCUT2D eigenvalue weighted by Crippen LogP contribution is 2.50. The van der Waals surface area contributed by atoms with E-state index in [0.29, 0.717) is 5.57 Å². The van der Waals surface area contributed by atoms with E-state index in [4.69, 9.17) is 37.9 Å². The van der Waals surface area contributed by atoms with Gasteiger partial charge in [0.15, 0.2) is 18.2 Å². The summed E-state index contributed by atoms with van der Waals surface area (Å²) in [5, 5.41) is 58.0. The first-order chi connectivity index (χ1) is 29.9. The Morgan fingerprint density at radius 1 is 0.906 bits per heavy atom. The molecule has 4 aliphatic rings. The Labute approximate surface area is 376 Å². The Bertz CT molecular complexity index is 1720. The third-order valence-corrected chi connectivity index (χ3v) is 12.8. The molecule has 4 heterocycles. The van der Waals surface area contributed by atoms with E-state index in [1.54, 1.807) is 45.9 Å². The molecule has 4 rings (SSSR count). The molecule has 3 saturated heterocycles. The first-order valence-corrected chi connectivity index (χ1v) is 22.4. The molecule has 3 fully saturated rings. The number of fused-ring (bicyclic) bond motifs is 6. The summed E-state index contributed by atoms with van der Waals surface area (Å²) in [7, 11) is 2.46. The maximum atomic E-state index is 13.5. The number of unbranched alkanes of at least 4 members (excludes halogenated alkanes) is 1. The second-order valence-corrected chi connectivity index (χ2v) is 18.8. The number of carbonyl (C=O) groups is 4. The Morgan fingerprint density at radius 2 is 1.61 bits per heavy atom. The summed E-state index contributed by atoms with van der Waals surface area (Å²) >= 11 is 0. The van der Waals surface area contributed by atoms with Crippen molar-refractivity contribution in [2.24, 2.45) is 16.7 Å². The van der Waals surface area contributed by atoms with Crippen LogP contribution in [0.3, 0.4) is 0 Å². The normalized spacial score (nSPS) is 36.9. The molecule has 0 amide bonds. The fraction of sp³-hybridized carbons (Fsp3) is 0.745. The van der Waals surface area contributed by atoms with Crippen LogP contribution in [-0.2, 0) is 57.1 Å². The van der Waals surface area contributed by atoms with Gasteiger partial charge in [0.2, 0.25) is 5.79 Å². The highest BCUT2D eigenvalue weighted by molar-refractivity contribution is 5.83. The molecule has 0 aromatic heterocycles. The van der Waals surface area contributed by atoms with Gasteiger partial charge in [-0.15, -0.1) is 0 Å². The number of methoxy groups -OCH3 is 2. The van der Waals surface area contributed by atoms with Crippen LogP contribution in [-0.4, -0.2) is 136 Å². The van der Waals surface area contributed by atoms with Crippen LogP contribution in [0.4, 0.5) is 0 Å². The molecule has 64 heavy (non-hydrogen) atoms. The molecule has 6 bridgehead atoms. The van der Waals surface area contributed by atoms with Crippen molar-refractivity contribution < 1.29 is 82.6 Å². The monoisotopic (exact) mass is 908 g/mol. The second kappa shape index (κ2) is 22.8. The fourth-order valence-corrected chi connectivity index (χ4v) is 9.03. The van der Waals surface area contributed by atoms with Crippen molar-refractivity contribution in [3.63, 3.8) is 0 Å². The molecule has 13 atom stereocenters. The van der Waals surface area contributed by atoms with Gasteiger partial charge in [-0.3, -0.25) is 9.59 Å². The number of aliphatic hydroxyl groups excluding tert-OH is 3. The fourth-order valence-electron chi connectivity index (χ4n) is 9.03. The van der Waals surface area contributed by atoms with Gasteiger partial charge >= 0.3 is 23.9 Å². The molecule has 3 unspecified atom stereocenters. The zero-order valence-electron chi connectivity index (χ0n) is 38.8. The van der Waals surface area contributed by atoms with Crippen molar-refractivity contribution in [3.8, 4) is 0 Å². The maximum absolute atomic E-state index is 13.5. The summed E-state index contributed by atoms with van der Waals surface area (Å²) in [6.45, 7) is 11.6. The minimum atomic E-state index is -2.39. The van der Waals surface area contributed by atoms with Crippen LogP contribution < -0.4 is 0 Å². The average molecular weight is 909 g/mol. The summed E-state index contributed by atoms with van der Waals surface area (Å²) in [4.78, 5) is 52.5. The van der Waals surface area contributed by atoms with Crippen molar-refractivity contribution in [1.82, 2.24) is 0 Å². The van der Waals surface area contributed by atoms with E-state index in [2.05, 4.69) is 0 Å². The maximum Gasteiger partial charge on any atom is 0.331 e. The number of esters is 4. The summed E-state index contributed by atoms with van der Waals surface area (Å²) in [5.41, 5.74) is -2.02. The highest BCUT2D eigenvalue weighted by Gasteiger charge is 2.60. The number of ether oxygens (including phenoxy) is 8. The van der Waals surface area contributed by atoms with E-state index < -0.39 is 120 Å². The third-order valence-electron chi connectivity index (χ3n) is 12.8. The predicted octanol–water partition coefficient (Wildman–Crippen LogP) is 4.15. The van der Waals surface area contributed by atoms with E-state index in [0.717, 1.165) is 12.8 Å². The van der Waals surface area contributed by atoms with Gasteiger partial charge in [-0.25, -0.2) is 9.59 Å². The van der Waals surface area contributed by atoms with Gasteiger partial charge in [-0.2, -0.15) is 0 Å². The van der Waals surface area contributed by atoms with Crippen molar-refractivity contribution in [3.05, 3.63) is 48.1 Å². The van der Waals surface area contributed by atoms with Crippen molar-refractivity contribution in [2.45, 2.75) is 192 Å². The number of allylic oxidation sites excluding steroid dienone is 3. The second-order valence-electron chi connectivity index (χ2n) is 18.8. The standard InChI is InChI=1S/C47H72O17/c1-10-11-12-13-14-15-39(51)62-43-31(22-41(53)58-9)21-34-25-37(28(2)48)61-42(54)24-32(50)23-35-26-38(59-29(3)49)45(6,7)46(55,63-35)27-36-19-30(20-40(52)57-8)18-33(60-36)16-17-44(4,5)47(43,56)64-34/h12-17,20,28-29,31-38,43,48-50,55-56H,10-11,18-19,21-27H2,1-9H3/b13-12+,15-14+,17-16+,30-20+/t28-,29?,31?,32-,33+,34+,35-,36+,37-,38+,43+,46+,47?/m1/s1. The highest BCUT2D eigenvalue weighted by atomic mass is 16.7. The van der Waals surface area contributed by atoms with Crippen molar-refractivity contribution in [2.75, 3.05) is 14.2 Å². The number of hydrogen-bond acceptors (Lipinski definition) is 17. The lowest BCUT2D eigenvalue weighted by Crippen LogP contribution is -2.64. The molecular formula is C47H72O17. The zero-order valence-corrected chi connectivity index (χ0v) is 38.8. The summed E-state index contributed by atoms with van der Waals surface area (Å²) in [5.74, 6) is -8.24. The number of aliphatic hydroxyl groups is 5. The van der Waals surface area contributed by atoms with E-state index in [1.165, 1.54) is 46.3 Å². The minimum absolute atomic E-state index is 0.00172. The lowest BCUT2D eigenvalue weighted by Gasteiger charge is -2.54. The molecule has 0 spiro atoms. The number of cyclic esters (lactones) is 1. The Kier molecular flexibility index (Phi) is 18.9. The predicted molar refractivity (Wildman–Crippen MR) is 229 cm³/mol. The third kappa shape index (κ3) is 13.8. The average Bonchev–Trinajstić information content (AvgIpc) is 3.19. The van der Waals surface area contributed by atoms with Gasteiger partial charge in [0.1, 0.15) is 6.10 Å². The van der Waals surface area contributed by atoms with Crippen LogP contribution >= 0.6 is 0 Å². The molecule has 0 aliphatic carbocycles. The van der Waals surface area contributed by atoms with Gasteiger partial charge < -0.3 is 63.4 Å². The summed E-state index contributed by atoms with van der Waals surface area (Å²) < 4.78 is 47.2. The Balaban J connectivity index is 1.87. The molecule has 362 valence electrons. The van der Waals surface area contributed by atoms with Crippen molar-refractivity contribution >= 4 is 23.9 Å². The molecule has 0 aromatic carbocycles. The summed E-state index contributed by atoms with van der Waals surface area (Å²) in [6.07, 6.45) is 1.07. The van der Waals surface area contributed by atoms with Crippen LogP contribution in [0, 0.1) is 16.7 Å². The van der Waals surface area contributed by atoms with Gasteiger partial charge in [0.25, 0.3) is 0 Å². The van der Waals surface area contributed by atoms with E-state index in [1.807, 2.05) is 13.0 Å². The van der Waals surface area contributed by atoms with E-state index in [9.17, 15) is 44.7 Å². The smallest absolute Gasteiger partial charge is 0.331 e. The number of hydrogen-bond donors (Lipinski definition) is 5. The van der Waals surface area contributed by atoms with Gasteiger partial charge in [0, 0.05) is 54.6 Å². The lowest BCUT2D eigenvalue weighted by molar-refractivity contribution is -0.361. The molecule has 0 radical (unpaired) electrons. The number of rotatable bonds is 11. The van der Waals surface area contributed by atoms with Crippen LogP contribution in [0.15, 0.2) is 48.1 Å². The SMILES string of the molecule is CCC/C=C/C=C/C(=O)O[C@H]1C(CC(=O)OC)C[C@H]2C[C@H]([C@@H](C)O)OC(=O)C[C@H](O)C[C@@H]3C[C@H](OC(C)O)C(C)(C)[C@](O)(C[C@@H]4C/C(=C/C(=O)OC)C[C@H](/C=C/C(C)(C)C1(O)O2)O4)O3. The van der Waals surface area contributed by atoms with E-state index >= 15 is 0 Å². The van der Waals surface area contributed by atoms with Gasteiger partial charge in [-0.05, 0) is 39.5 Å². The first-order valence-electron chi connectivity index (χ1n) is 22.4. The molecule has 0 aromatic rings. The Morgan fingerprint density at radius 3 is 2.25 bits per heavy atom. The molecule has 17 nitrogen and oxygen atoms in total. The molecule has 5 N–H and O–H groups in total. The van der Waals surface area contributed by atoms with Gasteiger partial charge in [0.05, 0.1) is 69.8 Å². The minimum Gasteiger partial charge on any atom is -0.469 e. The quantitative estimate of drug-likeness (QED) is 0.0488. The number of carbonyl (C=O) groups excluding carboxylic acids is 4. The van der Waals surface area contributed by atoms with Crippen LogP contribution in [0.5, 0.6) is 0 Å². The molecule has 0 saturated carbocycles. The largest absolute Gasteiger partial charge is 0.469 e. The van der Waals surface area contributed by atoms with E-state index in [-0.39, 0.29) is 51.4 Å². The lowest BCUT2D eigenvalue weighted by atomic mass is 9.70. The van der Waals surface area contributed by atoms with Crippen LogP contribution in [0.2, 0.25) is 0 Å². The first kappa shape index (κ1) is 53.1. The van der Waals surface area contributed by atoms with Crippen molar-refractivity contribution in [1.29, 1.82) is 0 Å². The van der Waals surface area contributed by atoms with Crippen LogP contribution in [0.1, 0.15) is 119 Å². The van der Waals surface area contributed by atoms with Gasteiger partial charge in [-0.1, -0.05) is 77.0 Å².